The van der Waals surface area contributed by atoms with Gasteiger partial charge in [-0.2, -0.15) is 0 Å². The minimum absolute atomic E-state index is 0.0471. The van der Waals surface area contributed by atoms with Crippen molar-refractivity contribution in [2.45, 2.75) is 12.5 Å². The van der Waals surface area contributed by atoms with Gasteiger partial charge in [0.25, 0.3) is 0 Å². The third-order valence-electron chi connectivity index (χ3n) is 1.15. The molecule has 0 unspecified atom stereocenters. The lowest BCUT2D eigenvalue weighted by Gasteiger charge is -2.08. The maximum Gasteiger partial charge on any atom is 0.492 e. The van der Waals surface area contributed by atoms with Gasteiger partial charge in [-0.1, -0.05) is 0 Å². The molecule has 11 heavy (non-hydrogen) atoms. The van der Waals surface area contributed by atoms with Crippen molar-refractivity contribution in [2.24, 2.45) is 0 Å². The summed E-state index contributed by atoms with van der Waals surface area (Å²) < 4.78 is 0. The number of aliphatic hydroxyl groups is 1. The van der Waals surface area contributed by atoms with Gasteiger partial charge in [-0.3, -0.25) is 0 Å². The van der Waals surface area contributed by atoms with Gasteiger partial charge in [0.15, 0.2) is 0 Å². The Labute approximate surface area is 66.7 Å². The average molecular weight is 181 g/mol. The second-order valence-electron chi connectivity index (χ2n) is 2.35. The van der Waals surface area contributed by atoms with E-state index < -0.39 is 8.80 Å². The summed E-state index contributed by atoms with van der Waals surface area (Å²) in [4.78, 5) is 25.6. The van der Waals surface area contributed by atoms with E-state index in [1.165, 1.54) is 0 Å². The first-order valence-corrected chi connectivity index (χ1v) is 5.60. The van der Waals surface area contributed by atoms with Crippen LogP contribution < -0.4 is 5.32 Å². The van der Waals surface area contributed by atoms with Crippen LogP contribution in [0.4, 0.5) is 0 Å². The van der Waals surface area contributed by atoms with E-state index in [0.29, 0.717) is 19.5 Å². The molecular weight excluding hydrogens is 166 g/mol. The number of nitrogens with one attached hydrogen (secondary N) is 1. The van der Waals surface area contributed by atoms with E-state index in [0.717, 1.165) is 0 Å². The van der Waals surface area contributed by atoms with E-state index in [1.807, 2.05) is 0 Å². The van der Waals surface area contributed by atoms with Crippen molar-refractivity contribution in [3.63, 3.8) is 0 Å². The summed E-state index contributed by atoms with van der Waals surface area (Å²) in [5.74, 6) is 0. The molecule has 0 aromatic carbocycles. The summed E-state index contributed by atoms with van der Waals surface area (Å²) in [5.41, 5.74) is 0. The second-order valence-corrected chi connectivity index (χ2v) is 4.40. The first kappa shape index (κ1) is 11.0. The van der Waals surface area contributed by atoms with Gasteiger partial charge in [0, 0.05) is 12.6 Å². The predicted molar refractivity (Wildman–Crippen MR) is 41.8 cm³/mol. The summed E-state index contributed by atoms with van der Waals surface area (Å²) in [6.45, 7) is 1.15. The molecule has 68 valence electrons. The highest BCUT2D eigenvalue weighted by atomic mass is 28.4. The first-order chi connectivity index (χ1) is 5.06. The fourth-order valence-corrected chi connectivity index (χ4v) is 1.31. The minimum atomic E-state index is -3.82. The molecule has 0 aliphatic heterocycles. The van der Waals surface area contributed by atoms with Gasteiger partial charge in [-0.25, -0.2) is 0 Å². The van der Waals surface area contributed by atoms with Crippen molar-refractivity contribution < 1.29 is 19.5 Å². The molecule has 0 aromatic rings. The van der Waals surface area contributed by atoms with E-state index in [-0.39, 0.29) is 12.7 Å². The molecule has 0 saturated heterocycles. The Kier molecular flexibility index (Phi) is 5.65. The van der Waals surface area contributed by atoms with Crippen LogP contribution in [0.25, 0.3) is 0 Å². The number of aliphatic hydroxyl groups excluding tert-OH is 1. The molecule has 5 N–H and O–H groups in total. The molecule has 0 aromatic heterocycles. The Balaban J connectivity index is 3.02. The van der Waals surface area contributed by atoms with E-state index in [4.69, 9.17) is 19.5 Å². The molecule has 6 heteroatoms. The zero-order valence-corrected chi connectivity index (χ0v) is 7.32. The van der Waals surface area contributed by atoms with Gasteiger partial charge >= 0.3 is 8.80 Å². The summed E-state index contributed by atoms with van der Waals surface area (Å²) in [7, 11) is -3.82. The third kappa shape index (κ3) is 10.0. The predicted octanol–water partition coefficient (Wildman–Crippen LogP) is -2.13. The van der Waals surface area contributed by atoms with E-state index in [2.05, 4.69) is 5.32 Å². The van der Waals surface area contributed by atoms with Crippen molar-refractivity contribution in [1.29, 1.82) is 0 Å². The Morgan fingerprint density at radius 1 is 1.09 bits per heavy atom. The van der Waals surface area contributed by atoms with Crippen molar-refractivity contribution in [2.75, 3.05) is 19.7 Å². The van der Waals surface area contributed by atoms with Crippen LogP contribution in [-0.2, 0) is 0 Å². The molecule has 0 spiro atoms. The fourth-order valence-electron chi connectivity index (χ4n) is 0.655. The van der Waals surface area contributed by atoms with Gasteiger partial charge < -0.3 is 24.8 Å². The van der Waals surface area contributed by atoms with Crippen LogP contribution in [0, 0.1) is 0 Å². The summed E-state index contributed by atoms with van der Waals surface area (Å²) in [6, 6.07) is 0.0471. The molecular formula is C5H15NO4Si. The fraction of sp³-hybridized carbons (Fsp3) is 1.00. The molecule has 0 fully saturated rings. The molecule has 0 saturated carbocycles. The topological polar surface area (TPSA) is 93.0 Å². The second kappa shape index (κ2) is 5.64. The number of hydrogen-bond acceptors (Lipinski definition) is 5. The van der Waals surface area contributed by atoms with Gasteiger partial charge in [0.2, 0.25) is 0 Å². The van der Waals surface area contributed by atoms with Crippen LogP contribution in [0.5, 0.6) is 0 Å². The van der Waals surface area contributed by atoms with E-state index >= 15 is 0 Å². The normalized spacial score (nSPS) is 12.0. The molecule has 5 nitrogen and oxygen atoms in total. The molecule has 0 aliphatic rings. The molecule has 0 atom stereocenters. The van der Waals surface area contributed by atoms with Crippen LogP contribution in [0.3, 0.4) is 0 Å². The largest absolute Gasteiger partial charge is 0.492 e. The van der Waals surface area contributed by atoms with Crippen LogP contribution in [0.2, 0.25) is 6.04 Å². The average Bonchev–Trinajstić information content (AvgIpc) is 1.85. The van der Waals surface area contributed by atoms with Crippen LogP contribution in [0.15, 0.2) is 0 Å². The monoisotopic (exact) mass is 181 g/mol. The Morgan fingerprint density at radius 3 is 2.18 bits per heavy atom. The molecule has 0 rings (SSSR count). The zero-order valence-electron chi connectivity index (χ0n) is 6.32. The Hall–Kier alpha value is 0.0169. The SMILES string of the molecule is OCCNCCC[Si](O)(O)O. The maximum absolute atomic E-state index is 8.55. The number of hydrogen-bond donors (Lipinski definition) is 5. The lowest BCUT2D eigenvalue weighted by molar-refractivity contribution is 0.226. The lowest BCUT2D eigenvalue weighted by Crippen LogP contribution is -2.35. The summed E-state index contributed by atoms with van der Waals surface area (Å²) >= 11 is 0. The highest BCUT2D eigenvalue weighted by Gasteiger charge is 2.25. The summed E-state index contributed by atoms with van der Waals surface area (Å²) in [5, 5.41) is 11.2. The smallest absolute Gasteiger partial charge is 0.395 e. The molecule has 0 amide bonds. The molecule has 0 bridgehead atoms. The standard InChI is InChI=1S/C5H15NO4Si/c7-4-3-6-2-1-5-11(8,9)10/h6-10H,1-5H2. The molecule has 0 radical (unpaired) electrons. The number of rotatable bonds is 6. The summed E-state index contributed by atoms with van der Waals surface area (Å²) in [6.07, 6.45) is 0.510. The van der Waals surface area contributed by atoms with Crippen LogP contribution in [0.1, 0.15) is 6.42 Å². The van der Waals surface area contributed by atoms with E-state index in [1.54, 1.807) is 0 Å². The quantitative estimate of drug-likeness (QED) is 0.238. The lowest BCUT2D eigenvalue weighted by atomic mass is 10.5. The van der Waals surface area contributed by atoms with Crippen molar-refractivity contribution in [3.05, 3.63) is 0 Å². The first-order valence-electron chi connectivity index (χ1n) is 3.55. The highest BCUT2D eigenvalue weighted by molar-refractivity contribution is 6.56. The van der Waals surface area contributed by atoms with Gasteiger partial charge in [-0.15, -0.1) is 0 Å². The van der Waals surface area contributed by atoms with Crippen LogP contribution in [-0.4, -0.2) is 48.0 Å². The van der Waals surface area contributed by atoms with Gasteiger partial charge in [0.05, 0.1) is 6.61 Å². The Bertz CT molecular complexity index is 95.0. The highest BCUT2D eigenvalue weighted by Crippen LogP contribution is 1.98. The van der Waals surface area contributed by atoms with Gasteiger partial charge in [0.1, 0.15) is 0 Å². The van der Waals surface area contributed by atoms with Crippen molar-refractivity contribution in [1.82, 2.24) is 5.32 Å². The minimum Gasteiger partial charge on any atom is -0.395 e. The van der Waals surface area contributed by atoms with Crippen molar-refractivity contribution >= 4 is 8.80 Å². The zero-order chi connectivity index (χ0) is 8.74. The molecule has 0 heterocycles. The Morgan fingerprint density at radius 2 is 1.73 bits per heavy atom. The van der Waals surface area contributed by atoms with Crippen molar-refractivity contribution in [3.8, 4) is 0 Å². The molecule has 0 aliphatic carbocycles. The van der Waals surface area contributed by atoms with Gasteiger partial charge in [-0.05, 0) is 13.0 Å². The van der Waals surface area contributed by atoms with E-state index in [9.17, 15) is 0 Å². The maximum atomic E-state index is 8.55. The van der Waals surface area contributed by atoms with Crippen LogP contribution >= 0.6 is 0 Å². The third-order valence-corrected chi connectivity index (χ3v) is 2.18.